The van der Waals surface area contributed by atoms with E-state index in [0.717, 1.165) is 25.9 Å². The number of nitrogens with one attached hydrogen (secondary N) is 1. The number of aromatic nitrogens is 5. The van der Waals surface area contributed by atoms with E-state index in [1.165, 1.54) is 0 Å². The van der Waals surface area contributed by atoms with Gasteiger partial charge in [0.15, 0.2) is 23.5 Å². The smallest absolute Gasteiger partial charge is 0.408 e. The average molecular weight is 430 g/mol. The first-order valence-electron chi connectivity index (χ1n) is 10.2. The number of amides is 1. The molecule has 4 rings (SSSR count). The van der Waals surface area contributed by atoms with Crippen LogP contribution in [0.25, 0.3) is 17.1 Å². The molecule has 1 aliphatic heterocycles. The minimum absolute atomic E-state index is 0.115. The summed E-state index contributed by atoms with van der Waals surface area (Å²) in [6.07, 6.45) is 2.32. The van der Waals surface area contributed by atoms with Crippen LogP contribution in [0, 0.1) is 0 Å². The topological polar surface area (TPSA) is 126 Å². The highest BCUT2D eigenvalue weighted by Gasteiger charge is 2.18. The number of hydrogen-bond donors (Lipinski definition) is 1. The molecule has 1 unspecified atom stereocenters. The van der Waals surface area contributed by atoms with Gasteiger partial charge in [-0.25, -0.2) is 4.79 Å². The molecule has 166 valence electrons. The fraction of sp³-hybridized carbons (Fsp3) is 0.550. The average Bonchev–Trinajstić information content (AvgIpc) is 3.37. The highest BCUT2D eigenvalue weighted by atomic mass is 16.7. The van der Waals surface area contributed by atoms with Gasteiger partial charge in [0.05, 0.1) is 13.2 Å². The molecule has 0 saturated carbocycles. The van der Waals surface area contributed by atoms with Gasteiger partial charge in [-0.05, 0) is 52.2 Å². The normalized spacial score (nSPS) is 17.1. The minimum Gasteiger partial charge on any atom is -0.444 e. The third-order valence-electron chi connectivity index (χ3n) is 4.48. The van der Waals surface area contributed by atoms with E-state index in [1.54, 1.807) is 43.5 Å². The van der Waals surface area contributed by atoms with Gasteiger partial charge in [0.25, 0.3) is 0 Å². The summed E-state index contributed by atoms with van der Waals surface area (Å²) in [5.41, 5.74) is 1.17. The predicted molar refractivity (Wildman–Crippen MR) is 108 cm³/mol. The van der Waals surface area contributed by atoms with Crippen LogP contribution >= 0.6 is 0 Å². The van der Waals surface area contributed by atoms with E-state index in [-0.39, 0.29) is 12.8 Å². The summed E-state index contributed by atoms with van der Waals surface area (Å²) >= 11 is 0. The Labute approximate surface area is 179 Å². The second-order valence-corrected chi connectivity index (χ2v) is 8.25. The zero-order valence-corrected chi connectivity index (χ0v) is 17.8. The lowest BCUT2D eigenvalue weighted by atomic mass is 10.2. The van der Waals surface area contributed by atoms with Crippen LogP contribution in [0.1, 0.15) is 51.6 Å². The third-order valence-corrected chi connectivity index (χ3v) is 4.48. The molecular weight excluding hydrogens is 404 g/mol. The van der Waals surface area contributed by atoms with E-state index in [1.807, 2.05) is 0 Å². The lowest BCUT2D eigenvalue weighted by Gasteiger charge is -2.21. The highest BCUT2D eigenvalue weighted by molar-refractivity contribution is 5.67. The maximum atomic E-state index is 11.9. The van der Waals surface area contributed by atoms with Gasteiger partial charge in [0.2, 0.25) is 0 Å². The number of ether oxygens (including phenoxy) is 3. The zero-order valence-electron chi connectivity index (χ0n) is 17.8. The van der Waals surface area contributed by atoms with Crippen molar-refractivity contribution in [2.45, 2.75) is 65.1 Å². The van der Waals surface area contributed by atoms with Crippen molar-refractivity contribution >= 4 is 11.7 Å². The van der Waals surface area contributed by atoms with Crippen LogP contribution in [0.5, 0.6) is 0 Å². The van der Waals surface area contributed by atoms with Crippen molar-refractivity contribution in [1.82, 2.24) is 30.3 Å². The highest BCUT2D eigenvalue weighted by Crippen LogP contribution is 2.21. The summed E-state index contributed by atoms with van der Waals surface area (Å²) in [4.78, 5) is 11.9. The van der Waals surface area contributed by atoms with Gasteiger partial charge in [-0.2, -0.15) is 9.61 Å². The van der Waals surface area contributed by atoms with Crippen molar-refractivity contribution in [3.63, 3.8) is 0 Å². The van der Waals surface area contributed by atoms with E-state index in [9.17, 15) is 4.79 Å². The molecule has 0 spiro atoms. The minimum atomic E-state index is -0.584. The van der Waals surface area contributed by atoms with Gasteiger partial charge in [0, 0.05) is 12.7 Å². The molecular formula is C20H26N6O5. The molecule has 11 heteroatoms. The van der Waals surface area contributed by atoms with Gasteiger partial charge in [-0.15, -0.1) is 10.2 Å². The van der Waals surface area contributed by atoms with Gasteiger partial charge in [0.1, 0.15) is 17.0 Å². The molecule has 1 fully saturated rings. The molecule has 11 nitrogen and oxygen atoms in total. The molecule has 31 heavy (non-hydrogen) atoms. The molecule has 0 aliphatic carbocycles. The van der Waals surface area contributed by atoms with Gasteiger partial charge >= 0.3 is 6.09 Å². The van der Waals surface area contributed by atoms with Crippen molar-refractivity contribution in [2.24, 2.45) is 0 Å². The van der Waals surface area contributed by atoms with E-state index < -0.39 is 11.7 Å². The number of carbonyl (C=O) groups excluding carboxylic acids is 1. The van der Waals surface area contributed by atoms with Crippen LogP contribution in [0.2, 0.25) is 0 Å². The molecule has 1 saturated heterocycles. The second-order valence-electron chi connectivity index (χ2n) is 8.25. The Morgan fingerprint density at radius 3 is 2.94 bits per heavy atom. The maximum absolute atomic E-state index is 11.9. The second kappa shape index (κ2) is 8.98. The first-order chi connectivity index (χ1) is 14.9. The summed E-state index contributed by atoms with van der Waals surface area (Å²) in [5.74, 6) is 0.949. The van der Waals surface area contributed by atoms with Crippen LogP contribution < -0.4 is 5.32 Å². The summed E-state index contributed by atoms with van der Waals surface area (Å²) in [7, 11) is 0. The van der Waals surface area contributed by atoms with Crippen molar-refractivity contribution in [1.29, 1.82) is 0 Å². The largest absolute Gasteiger partial charge is 0.444 e. The number of hydrogen-bond acceptors (Lipinski definition) is 9. The fourth-order valence-electron chi connectivity index (χ4n) is 3.06. The summed E-state index contributed by atoms with van der Waals surface area (Å²) < 4.78 is 23.5. The molecule has 3 aromatic rings. The summed E-state index contributed by atoms with van der Waals surface area (Å²) in [6.45, 7) is 6.53. The molecule has 1 N–H and O–H groups in total. The van der Waals surface area contributed by atoms with Crippen molar-refractivity contribution in [3.05, 3.63) is 29.7 Å². The first kappa shape index (κ1) is 21.2. The molecule has 4 heterocycles. The Morgan fingerprint density at radius 1 is 1.29 bits per heavy atom. The lowest BCUT2D eigenvalue weighted by molar-refractivity contribution is -0.169. The monoisotopic (exact) mass is 430 g/mol. The molecule has 0 radical (unpaired) electrons. The zero-order chi connectivity index (χ0) is 21.8. The predicted octanol–water partition coefficient (Wildman–Crippen LogP) is 2.85. The van der Waals surface area contributed by atoms with Crippen LogP contribution in [-0.4, -0.2) is 49.6 Å². The molecule has 0 bridgehead atoms. The van der Waals surface area contributed by atoms with Gasteiger partial charge < -0.3 is 24.1 Å². The van der Waals surface area contributed by atoms with Gasteiger partial charge in [-0.1, -0.05) is 5.16 Å². The van der Waals surface area contributed by atoms with Crippen LogP contribution in [-0.2, 0) is 27.4 Å². The lowest BCUT2D eigenvalue weighted by Crippen LogP contribution is -2.32. The molecule has 1 aliphatic rings. The van der Waals surface area contributed by atoms with E-state index in [0.29, 0.717) is 35.2 Å². The van der Waals surface area contributed by atoms with E-state index in [2.05, 4.69) is 25.8 Å². The van der Waals surface area contributed by atoms with Crippen molar-refractivity contribution in [3.8, 4) is 11.5 Å². The Kier molecular flexibility index (Phi) is 6.14. The molecule has 1 atom stereocenters. The Hall–Kier alpha value is -3.05. The Morgan fingerprint density at radius 2 is 2.16 bits per heavy atom. The SMILES string of the molecule is CC(C)(C)OC(=O)NCc1nnc2ccc(-c3cc(COC4CCCCO4)no3)nn12. The fourth-order valence-corrected chi connectivity index (χ4v) is 3.06. The quantitative estimate of drug-likeness (QED) is 0.628. The Balaban J connectivity index is 1.42. The van der Waals surface area contributed by atoms with Crippen LogP contribution in [0.4, 0.5) is 4.79 Å². The molecule has 0 aromatic carbocycles. The number of nitrogens with zero attached hydrogens (tertiary/aromatic N) is 5. The molecule has 3 aromatic heterocycles. The van der Waals surface area contributed by atoms with E-state index >= 15 is 0 Å². The number of carbonyl (C=O) groups is 1. The maximum Gasteiger partial charge on any atom is 0.408 e. The van der Waals surface area contributed by atoms with Crippen molar-refractivity contribution < 1.29 is 23.5 Å². The van der Waals surface area contributed by atoms with Gasteiger partial charge in [-0.3, -0.25) is 0 Å². The van der Waals surface area contributed by atoms with Crippen LogP contribution in [0.15, 0.2) is 22.7 Å². The van der Waals surface area contributed by atoms with E-state index in [4.69, 9.17) is 18.7 Å². The standard InChI is InChI=1S/C20H26N6O5/c1-20(2,3)30-19(27)21-11-17-23-22-16-8-7-14(24-26(16)17)15-10-13(25-31-15)12-29-18-6-4-5-9-28-18/h7-8,10,18H,4-6,9,11-12H2,1-3H3,(H,21,27). The van der Waals surface area contributed by atoms with Crippen molar-refractivity contribution in [2.75, 3.05) is 6.61 Å². The Bertz CT molecular complexity index is 1030. The summed E-state index contributed by atoms with van der Waals surface area (Å²) in [5, 5.41) is 19.4. The number of rotatable bonds is 6. The van der Waals surface area contributed by atoms with Crippen LogP contribution in [0.3, 0.4) is 0 Å². The summed E-state index contributed by atoms with van der Waals surface area (Å²) in [6, 6.07) is 5.31. The molecule has 1 amide bonds. The number of fused-ring (bicyclic) bond motifs is 1. The first-order valence-corrected chi connectivity index (χ1v) is 10.2. The third kappa shape index (κ3) is 5.56. The number of alkyl carbamates (subject to hydrolysis) is 1.